The van der Waals surface area contributed by atoms with Crippen LogP contribution in [0.25, 0.3) is 0 Å². The van der Waals surface area contributed by atoms with Crippen molar-refractivity contribution in [3.8, 4) is 0 Å². The van der Waals surface area contributed by atoms with Crippen molar-refractivity contribution in [2.75, 3.05) is 18.0 Å². The molecule has 0 aliphatic heterocycles. The highest BCUT2D eigenvalue weighted by Crippen LogP contribution is 2.18. The average molecular weight is 220 g/mol. The van der Waals surface area contributed by atoms with Crippen LogP contribution in [0.15, 0.2) is 24.9 Å². The first-order chi connectivity index (χ1) is 7.72. The van der Waals surface area contributed by atoms with Crippen LogP contribution >= 0.6 is 0 Å². The van der Waals surface area contributed by atoms with Gasteiger partial charge in [0.25, 0.3) is 0 Å². The molecule has 0 amide bonds. The topological polar surface area (TPSA) is 36.4 Å². The Labute approximate surface area is 97.4 Å². The second kappa shape index (κ2) is 6.28. The number of aliphatic hydroxyl groups is 1. The van der Waals surface area contributed by atoms with Crippen LogP contribution in [0.3, 0.4) is 0 Å². The molecular formula is C13H20N2O. The van der Waals surface area contributed by atoms with Crippen LogP contribution in [0, 0.1) is 6.92 Å². The molecule has 3 nitrogen and oxygen atoms in total. The van der Waals surface area contributed by atoms with Gasteiger partial charge in [0.05, 0.1) is 6.61 Å². The van der Waals surface area contributed by atoms with Crippen molar-refractivity contribution < 1.29 is 5.11 Å². The van der Waals surface area contributed by atoms with Crippen LogP contribution in [0.1, 0.15) is 24.5 Å². The second-order valence-electron chi connectivity index (χ2n) is 3.88. The lowest BCUT2D eigenvalue weighted by Crippen LogP contribution is -2.25. The zero-order valence-corrected chi connectivity index (χ0v) is 10.1. The molecule has 88 valence electrons. The van der Waals surface area contributed by atoms with Gasteiger partial charge in [0.2, 0.25) is 0 Å². The van der Waals surface area contributed by atoms with Gasteiger partial charge in [-0.25, -0.2) is 4.98 Å². The Hall–Kier alpha value is -1.35. The molecule has 0 saturated carbocycles. The highest BCUT2D eigenvalue weighted by Gasteiger charge is 2.08. The predicted octanol–water partition coefficient (Wildman–Crippen LogP) is 2.28. The summed E-state index contributed by atoms with van der Waals surface area (Å²) in [5.74, 6) is 0.985. The van der Waals surface area contributed by atoms with Gasteiger partial charge in [-0.05, 0) is 30.5 Å². The van der Waals surface area contributed by atoms with Gasteiger partial charge in [0.1, 0.15) is 5.82 Å². The van der Waals surface area contributed by atoms with Crippen molar-refractivity contribution in [1.29, 1.82) is 0 Å². The summed E-state index contributed by atoms with van der Waals surface area (Å²) in [6.45, 7) is 9.75. The minimum Gasteiger partial charge on any atom is -0.392 e. The van der Waals surface area contributed by atoms with Crippen LogP contribution in [0.5, 0.6) is 0 Å². The second-order valence-corrected chi connectivity index (χ2v) is 3.88. The predicted molar refractivity (Wildman–Crippen MR) is 67.6 cm³/mol. The Bertz CT molecular complexity index is 350. The third kappa shape index (κ3) is 3.07. The zero-order valence-electron chi connectivity index (χ0n) is 10.1. The largest absolute Gasteiger partial charge is 0.392 e. The smallest absolute Gasteiger partial charge is 0.131 e. The molecule has 1 aromatic rings. The number of aryl methyl sites for hydroxylation is 1. The third-order valence-electron chi connectivity index (χ3n) is 2.43. The first-order valence-electron chi connectivity index (χ1n) is 5.65. The lowest BCUT2D eigenvalue weighted by molar-refractivity contribution is 0.281. The van der Waals surface area contributed by atoms with Crippen LogP contribution in [0.2, 0.25) is 0 Å². The molecule has 0 aliphatic rings. The summed E-state index contributed by atoms with van der Waals surface area (Å²) in [7, 11) is 0. The highest BCUT2D eigenvalue weighted by molar-refractivity contribution is 5.47. The first-order valence-corrected chi connectivity index (χ1v) is 5.65. The van der Waals surface area contributed by atoms with E-state index in [1.165, 1.54) is 0 Å². The fourth-order valence-corrected chi connectivity index (χ4v) is 1.75. The maximum absolute atomic E-state index is 9.03. The van der Waals surface area contributed by atoms with Gasteiger partial charge < -0.3 is 10.0 Å². The number of aromatic nitrogens is 1. The number of pyridine rings is 1. The number of rotatable bonds is 6. The number of hydrogen-bond acceptors (Lipinski definition) is 3. The maximum atomic E-state index is 9.03. The number of hydrogen-bond donors (Lipinski definition) is 1. The fraction of sp³-hybridized carbons (Fsp3) is 0.462. The normalized spacial score (nSPS) is 10.2. The molecule has 0 spiro atoms. The van der Waals surface area contributed by atoms with Crippen LogP contribution in [-0.4, -0.2) is 23.2 Å². The SMILES string of the molecule is C=CCN(CCC)c1ncc(CO)cc1C. The van der Waals surface area contributed by atoms with E-state index in [1.807, 2.05) is 19.1 Å². The van der Waals surface area contributed by atoms with Crippen molar-refractivity contribution in [3.05, 3.63) is 36.0 Å². The quantitative estimate of drug-likeness (QED) is 0.747. The molecule has 0 radical (unpaired) electrons. The molecule has 3 heteroatoms. The van der Waals surface area contributed by atoms with E-state index in [0.717, 1.165) is 36.5 Å². The lowest BCUT2D eigenvalue weighted by atomic mass is 10.2. The van der Waals surface area contributed by atoms with E-state index in [9.17, 15) is 0 Å². The molecule has 0 saturated heterocycles. The molecule has 1 N–H and O–H groups in total. The summed E-state index contributed by atoms with van der Waals surface area (Å²) < 4.78 is 0. The van der Waals surface area contributed by atoms with E-state index in [1.54, 1.807) is 6.20 Å². The van der Waals surface area contributed by atoms with Crippen molar-refractivity contribution in [2.45, 2.75) is 26.9 Å². The van der Waals surface area contributed by atoms with Gasteiger partial charge in [-0.3, -0.25) is 0 Å². The van der Waals surface area contributed by atoms with Crippen molar-refractivity contribution >= 4 is 5.82 Å². The highest BCUT2D eigenvalue weighted by atomic mass is 16.3. The molecule has 0 aliphatic carbocycles. The number of anilines is 1. The average Bonchev–Trinajstić information content (AvgIpc) is 2.29. The summed E-state index contributed by atoms with van der Waals surface area (Å²) in [5.41, 5.74) is 1.96. The zero-order chi connectivity index (χ0) is 12.0. The van der Waals surface area contributed by atoms with Gasteiger partial charge >= 0.3 is 0 Å². The molecule has 0 bridgehead atoms. The van der Waals surface area contributed by atoms with E-state index < -0.39 is 0 Å². The molecular weight excluding hydrogens is 200 g/mol. The summed E-state index contributed by atoms with van der Waals surface area (Å²) in [5, 5.41) is 9.03. The van der Waals surface area contributed by atoms with E-state index >= 15 is 0 Å². The molecule has 0 fully saturated rings. The summed E-state index contributed by atoms with van der Waals surface area (Å²) >= 11 is 0. The summed E-state index contributed by atoms with van der Waals surface area (Å²) in [6.07, 6.45) is 4.70. The van der Waals surface area contributed by atoms with Crippen molar-refractivity contribution in [2.24, 2.45) is 0 Å². The summed E-state index contributed by atoms with van der Waals surface area (Å²) in [6, 6.07) is 1.98. The molecule has 0 atom stereocenters. The van der Waals surface area contributed by atoms with E-state index in [4.69, 9.17) is 5.11 Å². The Morgan fingerprint density at radius 1 is 1.56 bits per heavy atom. The van der Waals surface area contributed by atoms with Gasteiger partial charge in [-0.1, -0.05) is 13.0 Å². The lowest BCUT2D eigenvalue weighted by Gasteiger charge is -2.23. The van der Waals surface area contributed by atoms with Gasteiger partial charge in [0.15, 0.2) is 0 Å². The molecule has 0 unspecified atom stereocenters. The summed E-state index contributed by atoms with van der Waals surface area (Å²) in [4.78, 5) is 6.60. The Morgan fingerprint density at radius 2 is 2.31 bits per heavy atom. The van der Waals surface area contributed by atoms with Gasteiger partial charge in [-0.15, -0.1) is 6.58 Å². The Kier molecular flexibility index (Phi) is 4.99. The van der Waals surface area contributed by atoms with Crippen LogP contribution < -0.4 is 4.90 Å². The van der Waals surface area contributed by atoms with Crippen molar-refractivity contribution in [1.82, 2.24) is 4.98 Å². The molecule has 0 aromatic carbocycles. The molecule has 1 rings (SSSR count). The van der Waals surface area contributed by atoms with Gasteiger partial charge in [-0.2, -0.15) is 0 Å². The minimum atomic E-state index is 0.0450. The number of aliphatic hydroxyl groups excluding tert-OH is 1. The Balaban J connectivity index is 2.94. The van der Waals surface area contributed by atoms with E-state index in [2.05, 4.69) is 23.4 Å². The first kappa shape index (κ1) is 12.7. The van der Waals surface area contributed by atoms with E-state index in [0.29, 0.717) is 0 Å². The van der Waals surface area contributed by atoms with Crippen LogP contribution in [-0.2, 0) is 6.61 Å². The third-order valence-corrected chi connectivity index (χ3v) is 2.43. The molecule has 16 heavy (non-hydrogen) atoms. The Morgan fingerprint density at radius 3 is 2.81 bits per heavy atom. The fourth-order valence-electron chi connectivity index (χ4n) is 1.75. The molecule has 1 heterocycles. The monoisotopic (exact) mass is 220 g/mol. The van der Waals surface area contributed by atoms with Gasteiger partial charge in [0, 0.05) is 19.3 Å². The number of nitrogens with zero attached hydrogens (tertiary/aromatic N) is 2. The van der Waals surface area contributed by atoms with Crippen LogP contribution in [0.4, 0.5) is 5.82 Å². The van der Waals surface area contributed by atoms with Crippen molar-refractivity contribution in [3.63, 3.8) is 0 Å². The minimum absolute atomic E-state index is 0.0450. The maximum Gasteiger partial charge on any atom is 0.131 e. The molecule has 1 aromatic heterocycles. The van der Waals surface area contributed by atoms with E-state index in [-0.39, 0.29) is 6.61 Å². The standard InChI is InChI=1S/C13H20N2O/c1-4-6-15(7-5-2)13-11(3)8-12(10-16)9-14-13/h4,8-9,16H,1,5-7,10H2,2-3H3.